The van der Waals surface area contributed by atoms with Crippen LogP contribution in [0.2, 0.25) is 15.8 Å². The van der Waals surface area contributed by atoms with Gasteiger partial charge < -0.3 is 0 Å². The molecule has 3 aromatic carbocycles. The molecule has 0 saturated carbocycles. The molecule has 0 saturated heterocycles. The van der Waals surface area contributed by atoms with Crippen molar-refractivity contribution in [1.82, 2.24) is 4.98 Å². The maximum atomic E-state index is 6.26. The van der Waals surface area contributed by atoms with Gasteiger partial charge in [-0.2, -0.15) is 0 Å². The molecule has 2 nitrogen and oxygen atoms in total. The third-order valence-electron chi connectivity index (χ3n) is 8.00. The Morgan fingerprint density at radius 2 is 1.47 bits per heavy atom. The van der Waals surface area contributed by atoms with Crippen molar-refractivity contribution in [2.75, 3.05) is 0 Å². The zero-order chi connectivity index (χ0) is 23.7. The van der Waals surface area contributed by atoms with E-state index >= 15 is 0 Å². The molecule has 1 unspecified atom stereocenters. The number of para-hydroxylation sites is 1. The first kappa shape index (κ1) is 22.9. The number of pyridine rings is 1. The quantitative estimate of drug-likeness (QED) is 0.206. The molecule has 0 radical (unpaired) electrons. The minimum atomic E-state index is -2.03. The molecule has 34 heavy (non-hydrogen) atoms. The zero-order valence-corrected chi connectivity index (χ0v) is 22.7. The molecule has 0 aliphatic heterocycles. The van der Waals surface area contributed by atoms with Crippen LogP contribution in [-0.2, 0) is 0 Å². The van der Waals surface area contributed by atoms with Crippen molar-refractivity contribution < 1.29 is 4.42 Å². The van der Waals surface area contributed by atoms with Crippen molar-refractivity contribution in [3.63, 3.8) is 0 Å². The summed E-state index contributed by atoms with van der Waals surface area (Å²) in [5.74, 6) is 0.209. The van der Waals surface area contributed by atoms with Gasteiger partial charge in [-0.05, 0) is 0 Å². The van der Waals surface area contributed by atoms with Crippen molar-refractivity contribution in [2.45, 2.75) is 49.4 Å². The molecule has 1 atom stereocenters. The topological polar surface area (TPSA) is 26.0 Å². The Morgan fingerprint density at radius 3 is 2.15 bits per heavy atom. The van der Waals surface area contributed by atoms with E-state index in [1.165, 1.54) is 47.6 Å². The summed E-state index contributed by atoms with van der Waals surface area (Å²) >= 11 is -2.03. The predicted octanol–water partition coefficient (Wildman–Crippen LogP) is 8.52. The molecule has 0 spiro atoms. The van der Waals surface area contributed by atoms with E-state index in [0.29, 0.717) is 0 Å². The van der Waals surface area contributed by atoms with Crippen LogP contribution < -0.4 is 4.40 Å². The van der Waals surface area contributed by atoms with Crippen molar-refractivity contribution >= 4 is 39.6 Å². The number of aromatic nitrogens is 1. The van der Waals surface area contributed by atoms with Gasteiger partial charge in [0, 0.05) is 0 Å². The van der Waals surface area contributed by atoms with Gasteiger partial charge in [-0.3, -0.25) is 0 Å². The average molecular weight is 508 g/mol. The van der Waals surface area contributed by atoms with Gasteiger partial charge in [0.05, 0.1) is 0 Å². The zero-order valence-electron chi connectivity index (χ0n) is 20.6. The standard InChI is InChI=1S/C31H33GeNO/c1-5-32(6-2,7-3)24-17-19-27(33-21-24)25-18-20-29-31(26-15-11-12-16-28(26)34-29)30(25)22(4)23-13-9-8-10-14-23/h8-22H,5-7H2,1-4H3. The number of furan rings is 1. The van der Waals surface area contributed by atoms with Crippen LogP contribution in [0, 0.1) is 0 Å². The molecule has 5 aromatic rings. The second-order valence-corrected chi connectivity index (χ2v) is 20.4. The fraction of sp³-hybridized carbons (Fsp3) is 0.258. The van der Waals surface area contributed by atoms with Gasteiger partial charge in [0.25, 0.3) is 0 Å². The number of hydrogen-bond acceptors (Lipinski definition) is 2. The Kier molecular flexibility index (Phi) is 6.35. The minimum absolute atomic E-state index is 0.209. The third kappa shape index (κ3) is 3.78. The normalized spacial score (nSPS) is 12.9. The molecule has 172 valence electrons. The summed E-state index contributed by atoms with van der Waals surface area (Å²) in [7, 11) is 0. The molecule has 2 heterocycles. The molecular weight excluding hydrogens is 475 g/mol. The van der Waals surface area contributed by atoms with Gasteiger partial charge in [0.2, 0.25) is 0 Å². The second kappa shape index (κ2) is 9.42. The van der Waals surface area contributed by atoms with E-state index in [2.05, 4.69) is 107 Å². The summed E-state index contributed by atoms with van der Waals surface area (Å²) in [6.45, 7) is 9.42. The van der Waals surface area contributed by atoms with Gasteiger partial charge in [-0.1, -0.05) is 0 Å². The van der Waals surface area contributed by atoms with Crippen LogP contribution in [0.15, 0.2) is 89.5 Å². The van der Waals surface area contributed by atoms with Gasteiger partial charge in [-0.15, -0.1) is 0 Å². The molecule has 0 aliphatic carbocycles. The Hall–Kier alpha value is -2.85. The summed E-state index contributed by atoms with van der Waals surface area (Å²) < 4.78 is 7.80. The van der Waals surface area contributed by atoms with E-state index in [0.717, 1.165) is 16.9 Å². The molecule has 3 heteroatoms. The van der Waals surface area contributed by atoms with Crippen LogP contribution in [0.3, 0.4) is 0 Å². The van der Waals surface area contributed by atoms with Crippen LogP contribution in [0.1, 0.15) is 44.7 Å². The first-order valence-corrected chi connectivity index (χ1v) is 18.1. The number of hydrogen-bond donors (Lipinski definition) is 0. The van der Waals surface area contributed by atoms with Gasteiger partial charge >= 0.3 is 206 Å². The first-order valence-electron chi connectivity index (χ1n) is 12.6. The fourth-order valence-electron chi connectivity index (χ4n) is 5.65. The van der Waals surface area contributed by atoms with E-state index in [1.807, 2.05) is 6.07 Å². The Bertz CT molecular complexity index is 1410. The van der Waals surface area contributed by atoms with Crippen LogP contribution >= 0.6 is 0 Å². The molecule has 5 rings (SSSR count). The van der Waals surface area contributed by atoms with E-state index in [-0.39, 0.29) is 5.92 Å². The third-order valence-corrected chi connectivity index (χ3v) is 19.7. The number of nitrogens with zero attached hydrogens (tertiary/aromatic N) is 1. The molecule has 0 N–H and O–H groups in total. The van der Waals surface area contributed by atoms with Crippen molar-refractivity contribution in [3.8, 4) is 11.3 Å². The molecule has 0 aliphatic rings. The van der Waals surface area contributed by atoms with Crippen LogP contribution in [0.25, 0.3) is 33.2 Å². The van der Waals surface area contributed by atoms with E-state index in [1.54, 1.807) is 0 Å². The summed E-state index contributed by atoms with van der Waals surface area (Å²) in [6, 6.07) is 28.1. The maximum absolute atomic E-state index is 6.26. The van der Waals surface area contributed by atoms with Crippen molar-refractivity contribution in [3.05, 3.63) is 96.2 Å². The van der Waals surface area contributed by atoms with Crippen molar-refractivity contribution in [1.29, 1.82) is 0 Å². The van der Waals surface area contributed by atoms with Crippen molar-refractivity contribution in [2.24, 2.45) is 0 Å². The van der Waals surface area contributed by atoms with Gasteiger partial charge in [0.15, 0.2) is 0 Å². The van der Waals surface area contributed by atoms with Crippen LogP contribution in [-0.4, -0.2) is 18.3 Å². The van der Waals surface area contributed by atoms with Gasteiger partial charge in [-0.25, -0.2) is 0 Å². The first-order chi connectivity index (χ1) is 16.6. The van der Waals surface area contributed by atoms with Crippen LogP contribution in [0.5, 0.6) is 0 Å². The summed E-state index contributed by atoms with van der Waals surface area (Å²) in [5.41, 5.74) is 6.72. The monoisotopic (exact) mass is 509 g/mol. The molecule has 2 aromatic heterocycles. The number of rotatable bonds is 7. The van der Waals surface area contributed by atoms with E-state index in [4.69, 9.17) is 9.40 Å². The average Bonchev–Trinajstić information content (AvgIpc) is 3.29. The Balaban J connectivity index is 1.74. The molecule has 0 amide bonds. The van der Waals surface area contributed by atoms with Crippen LogP contribution in [0.4, 0.5) is 0 Å². The SMILES string of the molecule is C[CH2][Ge]([CH2]C)([CH2]C)[c]1ccc(-c2ccc3oc4ccccc4c3c2C(C)c2ccccc2)nc1. The molecule has 0 bridgehead atoms. The summed E-state index contributed by atoms with van der Waals surface area (Å²) in [5, 5.41) is 6.33. The molecule has 0 fully saturated rings. The number of fused-ring (bicyclic) bond motifs is 3. The Labute approximate surface area is 205 Å². The fourth-order valence-corrected chi connectivity index (χ4v) is 13.0. The summed E-state index contributed by atoms with van der Waals surface area (Å²) in [6.07, 6.45) is 2.19. The number of benzene rings is 3. The summed E-state index contributed by atoms with van der Waals surface area (Å²) in [4.78, 5) is 5.08. The molecular formula is C31H33GeNO. The van der Waals surface area contributed by atoms with E-state index < -0.39 is 13.3 Å². The van der Waals surface area contributed by atoms with Gasteiger partial charge in [0.1, 0.15) is 0 Å². The van der Waals surface area contributed by atoms with E-state index in [9.17, 15) is 0 Å². The predicted molar refractivity (Wildman–Crippen MR) is 148 cm³/mol. The second-order valence-electron chi connectivity index (χ2n) is 9.40. The Morgan fingerprint density at radius 1 is 0.765 bits per heavy atom.